The molecule has 0 aromatic heterocycles. The fourth-order valence-electron chi connectivity index (χ4n) is 0.776. The van der Waals surface area contributed by atoms with Gasteiger partial charge in [0.1, 0.15) is 5.75 Å². The van der Waals surface area contributed by atoms with E-state index in [1.807, 2.05) is 5.43 Å². The highest BCUT2D eigenvalue weighted by molar-refractivity contribution is 5.81. The second kappa shape index (κ2) is 4.10. The van der Waals surface area contributed by atoms with Crippen molar-refractivity contribution in [3.63, 3.8) is 0 Å². The van der Waals surface area contributed by atoms with Gasteiger partial charge in [-0.2, -0.15) is 5.10 Å². The van der Waals surface area contributed by atoms with Crippen LogP contribution < -0.4 is 11.2 Å². The van der Waals surface area contributed by atoms with Crippen LogP contribution in [0.4, 0.5) is 4.79 Å². The number of phenolic OH excluding ortho intramolecular Hbond substituents is 1. The van der Waals surface area contributed by atoms with Crippen LogP contribution in [0.3, 0.4) is 0 Å². The largest absolute Gasteiger partial charge is 0.508 e. The van der Waals surface area contributed by atoms with Crippen LogP contribution in [0.25, 0.3) is 0 Å². The summed E-state index contributed by atoms with van der Waals surface area (Å²) in [6.07, 6.45) is 1.38. The number of hydrazone groups is 1. The molecule has 2 amide bonds. The first kappa shape index (κ1) is 9.05. The Hall–Kier alpha value is -2.04. The number of nitrogens with one attached hydrogen (secondary N) is 1. The third kappa shape index (κ3) is 3.24. The average Bonchev–Trinajstić information content (AvgIpc) is 2.03. The Kier molecular flexibility index (Phi) is 2.86. The summed E-state index contributed by atoms with van der Waals surface area (Å²) < 4.78 is 0. The number of benzene rings is 1. The van der Waals surface area contributed by atoms with Crippen LogP contribution in [0.2, 0.25) is 0 Å². The Balaban J connectivity index is 2.63. The molecule has 0 radical (unpaired) electrons. The number of phenols is 1. The molecule has 0 aliphatic heterocycles. The summed E-state index contributed by atoms with van der Waals surface area (Å²) in [4.78, 5) is 10.2. The van der Waals surface area contributed by atoms with Crippen LogP contribution in [0, 0.1) is 0 Å². The SMILES string of the molecule is NC(=O)N/N=C\c1cccc(O)c1. The number of primary amides is 1. The molecular weight excluding hydrogens is 170 g/mol. The normalized spacial score (nSPS) is 10.2. The Morgan fingerprint density at radius 1 is 1.62 bits per heavy atom. The summed E-state index contributed by atoms with van der Waals surface area (Å²) in [6, 6.07) is 5.72. The van der Waals surface area contributed by atoms with E-state index in [0.29, 0.717) is 5.56 Å². The molecule has 0 bridgehead atoms. The molecule has 5 heteroatoms. The molecule has 0 heterocycles. The molecule has 0 fully saturated rings. The summed E-state index contributed by atoms with van der Waals surface area (Å²) >= 11 is 0. The molecule has 0 saturated carbocycles. The smallest absolute Gasteiger partial charge is 0.332 e. The number of aromatic hydroxyl groups is 1. The summed E-state index contributed by atoms with van der Waals surface area (Å²) in [5, 5.41) is 12.6. The van der Waals surface area contributed by atoms with Crippen molar-refractivity contribution in [1.29, 1.82) is 0 Å². The van der Waals surface area contributed by atoms with E-state index in [1.54, 1.807) is 18.2 Å². The van der Waals surface area contributed by atoms with Gasteiger partial charge in [-0.15, -0.1) is 0 Å². The van der Waals surface area contributed by atoms with Crippen molar-refractivity contribution in [3.8, 4) is 5.75 Å². The van der Waals surface area contributed by atoms with Crippen LogP contribution >= 0.6 is 0 Å². The molecule has 0 spiro atoms. The lowest BCUT2D eigenvalue weighted by Crippen LogP contribution is -2.24. The number of nitrogens with two attached hydrogens (primary N) is 1. The fraction of sp³-hybridized carbons (Fsp3) is 0. The molecule has 1 aromatic carbocycles. The van der Waals surface area contributed by atoms with Gasteiger partial charge in [-0.3, -0.25) is 0 Å². The molecule has 5 nitrogen and oxygen atoms in total. The van der Waals surface area contributed by atoms with Gasteiger partial charge in [0.05, 0.1) is 6.21 Å². The fourth-order valence-corrected chi connectivity index (χ4v) is 0.776. The summed E-state index contributed by atoms with van der Waals surface area (Å²) in [5.74, 6) is 0.142. The Morgan fingerprint density at radius 3 is 3.00 bits per heavy atom. The van der Waals surface area contributed by atoms with E-state index in [-0.39, 0.29) is 5.75 Å². The van der Waals surface area contributed by atoms with Gasteiger partial charge < -0.3 is 10.8 Å². The Bertz CT molecular complexity index is 336. The molecule has 4 N–H and O–H groups in total. The second-order valence-electron chi connectivity index (χ2n) is 2.33. The predicted octanol–water partition coefficient (Wildman–Crippen LogP) is 0.394. The lowest BCUT2D eigenvalue weighted by atomic mass is 10.2. The van der Waals surface area contributed by atoms with Crippen molar-refractivity contribution < 1.29 is 9.90 Å². The lowest BCUT2D eigenvalue weighted by Gasteiger charge is -1.94. The molecule has 1 rings (SSSR count). The van der Waals surface area contributed by atoms with Crippen molar-refractivity contribution >= 4 is 12.2 Å². The number of hydrogen-bond donors (Lipinski definition) is 3. The van der Waals surface area contributed by atoms with Crippen molar-refractivity contribution in [2.75, 3.05) is 0 Å². The molecule has 68 valence electrons. The van der Waals surface area contributed by atoms with Gasteiger partial charge in [-0.25, -0.2) is 10.2 Å². The quantitative estimate of drug-likeness (QED) is 0.453. The van der Waals surface area contributed by atoms with E-state index in [4.69, 9.17) is 10.8 Å². The van der Waals surface area contributed by atoms with Crippen LogP contribution in [-0.2, 0) is 0 Å². The van der Waals surface area contributed by atoms with Gasteiger partial charge in [-0.1, -0.05) is 12.1 Å². The van der Waals surface area contributed by atoms with Crippen LogP contribution in [-0.4, -0.2) is 17.4 Å². The van der Waals surface area contributed by atoms with E-state index in [9.17, 15) is 4.79 Å². The monoisotopic (exact) mass is 179 g/mol. The molecule has 0 saturated heterocycles. The number of hydrogen-bond acceptors (Lipinski definition) is 3. The molecule has 0 unspecified atom stereocenters. The van der Waals surface area contributed by atoms with E-state index in [0.717, 1.165) is 0 Å². The van der Waals surface area contributed by atoms with Gasteiger partial charge in [-0.05, 0) is 17.7 Å². The number of amides is 2. The van der Waals surface area contributed by atoms with Crippen LogP contribution in [0.15, 0.2) is 29.4 Å². The van der Waals surface area contributed by atoms with E-state index in [1.165, 1.54) is 12.3 Å². The second-order valence-corrected chi connectivity index (χ2v) is 2.33. The predicted molar refractivity (Wildman–Crippen MR) is 48.4 cm³/mol. The van der Waals surface area contributed by atoms with E-state index >= 15 is 0 Å². The van der Waals surface area contributed by atoms with Gasteiger partial charge in [0.25, 0.3) is 0 Å². The van der Waals surface area contributed by atoms with Gasteiger partial charge in [0.15, 0.2) is 0 Å². The molecule has 0 aliphatic carbocycles. The molecule has 1 aromatic rings. The highest BCUT2D eigenvalue weighted by Crippen LogP contribution is 2.08. The maximum Gasteiger partial charge on any atom is 0.332 e. The molecule has 0 atom stereocenters. The molecule has 0 aliphatic rings. The lowest BCUT2D eigenvalue weighted by molar-refractivity contribution is 0.249. The minimum absolute atomic E-state index is 0.142. The Morgan fingerprint density at radius 2 is 2.38 bits per heavy atom. The van der Waals surface area contributed by atoms with Crippen molar-refractivity contribution in [2.24, 2.45) is 10.8 Å². The zero-order chi connectivity index (χ0) is 9.68. The zero-order valence-electron chi connectivity index (χ0n) is 6.77. The summed E-state index contributed by atoms with van der Waals surface area (Å²) in [6.45, 7) is 0. The highest BCUT2D eigenvalue weighted by atomic mass is 16.3. The minimum atomic E-state index is -0.726. The average molecular weight is 179 g/mol. The van der Waals surface area contributed by atoms with E-state index < -0.39 is 6.03 Å². The minimum Gasteiger partial charge on any atom is -0.508 e. The van der Waals surface area contributed by atoms with E-state index in [2.05, 4.69) is 5.10 Å². The first-order valence-corrected chi connectivity index (χ1v) is 3.56. The maximum absolute atomic E-state index is 10.2. The summed E-state index contributed by atoms with van der Waals surface area (Å²) in [5.41, 5.74) is 7.49. The number of carbonyl (C=O) groups excluding carboxylic acids is 1. The number of nitrogens with zero attached hydrogens (tertiary/aromatic N) is 1. The van der Waals surface area contributed by atoms with Crippen LogP contribution in [0.1, 0.15) is 5.56 Å². The number of rotatable bonds is 2. The first-order chi connectivity index (χ1) is 6.18. The van der Waals surface area contributed by atoms with Gasteiger partial charge >= 0.3 is 6.03 Å². The van der Waals surface area contributed by atoms with Crippen molar-refractivity contribution in [1.82, 2.24) is 5.43 Å². The summed E-state index contributed by atoms with van der Waals surface area (Å²) in [7, 11) is 0. The number of urea groups is 1. The zero-order valence-corrected chi connectivity index (χ0v) is 6.77. The van der Waals surface area contributed by atoms with Crippen LogP contribution in [0.5, 0.6) is 5.75 Å². The third-order valence-corrected chi connectivity index (χ3v) is 1.26. The van der Waals surface area contributed by atoms with Crippen molar-refractivity contribution in [2.45, 2.75) is 0 Å². The maximum atomic E-state index is 10.2. The number of carbonyl (C=O) groups is 1. The van der Waals surface area contributed by atoms with Gasteiger partial charge in [0, 0.05) is 0 Å². The van der Waals surface area contributed by atoms with Crippen molar-refractivity contribution in [3.05, 3.63) is 29.8 Å². The van der Waals surface area contributed by atoms with Gasteiger partial charge in [0.2, 0.25) is 0 Å². The topological polar surface area (TPSA) is 87.7 Å². The Labute approximate surface area is 74.9 Å². The molecule has 13 heavy (non-hydrogen) atoms. The molecular formula is C8H9N3O2. The third-order valence-electron chi connectivity index (χ3n) is 1.26. The highest BCUT2D eigenvalue weighted by Gasteiger charge is 1.90. The first-order valence-electron chi connectivity index (χ1n) is 3.56. The standard InChI is InChI=1S/C8H9N3O2/c9-8(13)11-10-5-6-2-1-3-7(12)4-6/h1-5,12H,(H3,9,11,13)/b10-5-.